The number of imidazole rings is 2. The van der Waals surface area contributed by atoms with Gasteiger partial charge in [-0.05, 0) is 55.2 Å². The fourth-order valence-corrected chi connectivity index (χ4v) is 10.6. The fourth-order valence-electron chi connectivity index (χ4n) is 8.18. The Morgan fingerprint density at radius 2 is 1.37 bits per heavy atom. The summed E-state index contributed by atoms with van der Waals surface area (Å²) in [4.78, 5) is 71.3. The van der Waals surface area contributed by atoms with E-state index in [0.717, 1.165) is 64.0 Å². The van der Waals surface area contributed by atoms with Crippen molar-refractivity contribution in [3.8, 4) is 33.6 Å². The summed E-state index contributed by atoms with van der Waals surface area (Å²) in [6, 6.07) is 15.3. The molecule has 2 unspecified atom stereocenters. The van der Waals surface area contributed by atoms with Crippen LogP contribution in [0.3, 0.4) is 0 Å². The molecular formula is C43H46N8O6S2. The summed E-state index contributed by atoms with van der Waals surface area (Å²) in [5.74, 6) is 0.777. The van der Waals surface area contributed by atoms with Crippen LogP contribution in [0.2, 0.25) is 0 Å². The van der Waals surface area contributed by atoms with Gasteiger partial charge in [0.05, 0.1) is 51.9 Å². The van der Waals surface area contributed by atoms with Gasteiger partial charge in [-0.15, -0.1) is 22.7 Å². The van der Waals surface area contributed by atoms with Crippen molar-refractivity contribution in [3.05, 3.63) is 95.0 Å². The molecule has 4 amide bonds. The number of amides is 4. The Hall–Kier alpha value is -6.00. The molecule has 59 heavy (non-hydrogen) atoms. The van der Waals surface area contributed by atoms with Crippen LogP contribution in [0.1, 0.15) is 81.8 Å². The lowest BCUT2D eigenvalue weighted by Gasteiger charge is -2.29. The zero-order valence-electron chi connectivity index (χ0n) is 32.9. The first-order valence-electron chi connectivity index (χ1n) is 19.9. The van der Waals surface area contributed by atoms with E-state index in [1.807, 2.05) is 55.3 Å². The number of carbonyl (C=O) groups excluding carboxylic acids is 3. The lowest BCUT2D eigenvalue weighted by molar-refractivity contribution is -0.135. The number of carboxylic acid groups (broad SMARTS) is 1. The molecule has 2 fully saturated rings. The largest absolute Gasteiger partial charge is 0.465 e. The van der Waals surface area contributed by atoms with Gasteiger partial charge in [-0.25, -0.2) is 19.6 Å². The maximum absolute atomic E-state index is 14.1. The lowest BCUT2D eigenvalue weighted by atomic mass is 10.0. The molecule has 2 aromatic carbocycles. The number of aromatic amines is 2. The van der Waals surface area contributed by atoms with Crippen LogP contribution in [-0.2, 0) is 14.3 Å². The van der Waals surface area contributed by atoms with Gasteiger partial charge in [0.15, 0.2) is 0 Å². The molecule has 4 atom stereocenters. The lowest BCUT2D eigenvalue weighted by Crippen LogP contribution is -2.50. The second kappa shape index (κ2) is 17.1. The molecule has 16 heteroatoms. The highest BCUT2D eigenvalue weighted by molar-refractivity contribution is 7.27. The number of fused-ring (bicyclic) bond motifs is 1. The number of nitrogens with zero attached hydrogens (tertiary/aromatic N) is 4. The van der Waals surface area contributed by atoms with Crippen molar-refractivity contribution in [2.75, 3.05) is 19.7 Å². The van der Waals surface area contributed by atoms with Crippen molar-refractivity contribution in [1.82, 2.24) is 40.4 Å². The van der Waals surface area contributed by atoms with E-state index in [2.05, 4.69) is 60.6 Å². The number of thiophene rings is 2. The van der Waals surface area contributed by atoms with E-state index in [1.54, 1.807) is 40.7 Å². The number of nitrogens with one attached hydrogen (secondary N) is 4. The molecule has 6 aromatic rings. The number of H-pyrrole nitrogens is 2. The Kier molecular flexibility index (Phi) is 11.5. The Bertz CT molecular complexity index is 2460. The van der Waals surface area contributed by atoms with E-state index >= 15 is 0 Å². The summed E-state index contributed by atoms with van der Waals surface area (Å²) in [5, 5.41) is 18.8. The topological polar surface area (TPSA) is 186 Å². The van der Waals surface area contributed by atoms with Crippen LogP contribution in [0.5, 0.6) is 0 Å². The van der Waals surface area contributed by atoms with Gasteiger partial charge in [-0.2, -0.15) is 0 Å². The van der Waals surface area contributed by atoms with E-state index in [9.17, 15) is 24.3 Å². The third-order valence-corrected chi connectivity index (χ3v) is 13.3. The first-order valence-corrected chi connectivity index (χ1v) is 21.7. The molecule has 0 saturated carbocycles. The van der Waals surface area contributed by atoms with Gasteiger partial charge in [0.1, 0.15) is 23.7 Å². The summed E-state index contributed by atoms with van der Waals surface area (Å²) in [6.45, 7) is 6.70. The summed E-state index contributed by atoms with van der Waals surface area (Å²) < 4.78 is 7.46. The highest BCUT2D eigenvalue weighted by Gasteiger charge is 2.39. The molecule has 2 aliphatic heterocycles. The molecule has 8 rings (SSSR count). The predicted octanol–water partition coefficient (Wildman–Crippen LogP) is 8.52. The van der Waals surface area contributed by atoms with Gasteiger partial charge in [-0.3, -0.25) is 9.59 Å². The van der Waals surface area contributed by atoms with Gasteiger partial charge in [0, 0.05) is 35.0 Å². The van der Waals surface area contributed by atoms with E-state index in [0.29, 0.717) is 30.3 Å². The standard InChI is InChI=1S/C43H46N8O6S2/c1-4-57-43(56)49-35(27-10-6-5-7-11-27)41(53)51-19-9-13-33(51)39-45-21-31(47-39)29-23-59-36-28(22-58-37(29)36)25-14-16-26(17-15-25)30-20-44-38(46-30)32-12-8-18-50(32)40(52)34(24(2)3)48-42(54)55/h5-7,10-11,14-17,20-24,32-35,48H,4,8-9,12-13,18-19H2,1-3H3,(H,44,46)(H,45,47)(H,49,56)(H,54,55)/t32?,33?,34-,35+/m0/s1. The van der Waals surface area contributed by atoms with Crippen LogP contribution in [0.25, 0.3) is 43.0 Å². The number of hydrogen-bond acceptors (Lipinski definition) is 9. The van der Waals surface area contributed by atoms with Crippen LogP contribution in [0, 0.1) is 5.92 Å². The molecule has 14 nitrogen and oxygen atoms in total. The van der Waals surface area contributed by atoms with Crippen molar-refractivity contribution in [2.45, 2.75) is 70.6 Å². The van der Waals surface area contributed by atoms with Crippen molar-refractivity contribution in [3.63, 3.8) is 0 Å². The van der Waals surface area contributed by atoms with Crippen LogP contribution >= 0.6 is 22.7 Å². The number of alkyl carbamates (subject to hydrolysis) is 1. The van der Waals surface area contributed by atoms with Crippen molar-refractivity contribution in [2.24, 2.45) is 5.92 Å². The van der Waals surface area contributed by atoms with E-state index in [-0.39, 0.29) is 36.4 Å². The number of ether oxygens (including phenoxy) is 1. The number of carbonyl (C=O) groups is 4. The zero-order chi connectivity index (χ0) is 41.2. The third kappa shape index (κ3) is 8.06. The van der Waals surface area contributed by atoms with E-state index < -0.39 is 24.3 Å². The minimum absolute atomic E-state index is 0.190. The molecular weight excluding hydrogens is 789 g/mol. The van der Waals surface area contributed by atoms with E-state index in [4.69, 9.17) is 9.72 Å². The minimum Gasteiger partial charge on any atom is -0.465 e. The summed E-state index contributed by atoms with van der Waals surface area (Å²) in [7, 11) is 0. The van der Waals surface area contributed by atoms with Gasteiger partial charge >= 0.3 is 12.2 Å². The normalized spacial score (nSPS) is 17.7. The van der Waals surface area contributed by atoms with Crippen LogP contribution in [0.15, 0.2) is 77.8 Å². The Labute approximate surface area is 349 Å². The molecule has 2 aliphatic rings. The number of benzene rings is 2. The molecule has 0 aliphatic carbocycles. The van der Waals surface area contributed by atoms with Crippen molar-refractivity contribution in [1.29, 1.82) is 0 Å². The van der Waals surface area contributed by atoms with Gasteiger partial charge < -0.3 is 40.2 Å². The molecule has 0 radical (unpaired) electrons. The van der Waals surface area contributed by atoms with Gasteiger partial charge in [-0.1, -0.05) is 68.4 Å². The smallest absolute Gasteiger partial charge is 0.408 e. The highest BCUT2D eigenvalue weighted by atomic mass is 32.1. The molecule has 5 N–H and O–H groups in total. The maximum Gasteiger partial charge on any atom is 0.408 e. The number of hydrogen-bond donors (Lipinski definition) is 5. The van der Waals surface area contributed by atoms with Gasteiger partial charge in [0.25, 0.3) is 5.91 Å². The zero-order valence-corrected chi connectivity index (χ0v) is 34.6. The third-order valence-electron chi connectivity index (χ3n) is 11.1. The minimum atomic E-state index is -1.21. The molecule has 4 aromatic heterocycles. The number of aromatic nitrogens is 4. The first kappa shape index (κ1) is 39.8. The Morgan fingerprint density at radius 1 is 0.797 bits per heavy atom. The number of likely N-dealkylation sites (tertiary alicyclic amines) is 2. The molecule has 0 bridgehead atoms. The first-order chi connectivity index (χ1) is 28.6. The fraction of sp³-hybridized carbons (Fsp3) is 0.349. The maximum atomic E-state index is 14.1. The van der Waals surface area contributed by atoms with Crippen molar-refractivity contribution >= 4 is 56.1 Å². The highest BCUT2D eigenvalue weighted by Crippen LogP contribution is 2.44. The Balaban J connectivity index is 0.970. The SMILES string of the molecule is CCOC(=O)N[C@@H](C(=O)N1CCCC1c1ncc(-c2csc3c(-c4ccc(-c5cnc(C6CCCN6C(=O)[C@@H](NC(=O)O)C(C)C)[nH]5)cc4)csc23)[nH]1)c1ccccc1. The summed E-state index contributed by atoms with van der Waals surface area (Å²) in [5.41, 5.74) is 6.65. The van der Waals surface area contributed by atoms with Gasteiger partial charge in [0.2, 0.25) is 5.91 Å². The predicted molar refractivity (Wildman–Crippen MR) is 227 cm³/mol. The van der Waals surface area contributed by atoms with E-state index in [1.165, 1.54) is 4.70 Å². The number of rotatable bonds is 12. The second-order valence-electron chi connectivity index (χ2n) is 15.2. The van der Waals surface area contributed by atoms with Crippen LogP contribution < -0.4 is 10.6 Å². The second-order valence-corrected chi connectivity index (χ2v) is 16.9. The van der Waals surface area contributed by atoms with Crippen LogP contribution in [0.4, 0.5) is 9.59 Å². The Morgan fingerprint density at radius 3 is 2.00 bits per heavy atom. The molecule has 6 heterocycles. The average molecular weight is 835 g/mol. The molecule has 2 saturated heterocycles. The van der Waals surface area contributed by atoms with Crippen LogP contribution in [-0.4, -0.2) is 84.6 Å². The summed E-state index contributed by atoms with van der Waals surface area (Å²) >= 11 is 3.37. The monoisotopic (exact) mass is 834 g/mol. The van der Waals surface area contributed by atoms with Crippen molar-refractivity contribution < 1.29 is 29.0 Å². The average Bonchev–Trinajstić information content (AvgIpc) is 4.09. The molecule has 306 valence electrons. The quantitative estimate of drug-likeness (QED) is 0.0812. The summed E-state index contributed by atoms with van der Waals surface area (Å²) in [6.07, 6.45) is 4.91. The molecule has 0 spiro atoms.